The first-order chi connectivity index (χ1) is 18.5. The molecule has 4 aliphatic heterocycles. The molecular weight excluding hydrogens is 498 g/mol. The Morgan fingerprint density at radius 1 is 1.23 bits per heavy atom. The molecule has 9 heteroatoms. The lowest BCUT2D eigenvalue weighted by Gasteiger charge is -2.34. The molecule has 0 unspecified atom stereocenters. The van der Waals surface area contributed by atoms with Crippen LogP contribution in [-0.2, 0) is 24.7 Å². The summed E-state index contributed by atoms with van der Waals surface area (Å²) in [6, 6.07) is 5.42. The number of hydrogen-bond donors (Lipinski definition) is 2. The Morgan fingerprint density at radius 2 is 2.00 bits per heavy atom. The van der Waals surface area contributed by atoms with E-state index in [0.717, 1.165) is 31.4 Å². The SMILES string of the molecule is C=CCN1C(=O)[C@@]2(O[C@@H](CC(=O)N3CCC[C@H]3CO)[C@H](C(C)(C)O)[C@H]2C)c2cc(N3CCCCC3=O)ccc21. The minimum absolute atomic E-state index is 0.00558. The molecule has 5 rings (SSSR count). The van der Waals surface area contributed by atoms with E-state index < -0.39 is 29.1 Å². The molecule has 0 radical (unpaired) electrons. The van der Waals surface area contributed by atoms with Crippen LogP contribution in [0.15, 0.2) is 30.9 Å². The first kappa shape index (κ1) is 27.8. The van der Waals surface area contributed by atoms with Gasteiger partial charge in [-0.15, -0.1) is 6.58 Å². The summed E-state index contributed by atoms with van der Waals surface area (Å²) in [5.74, 6) is -1.31. The number of benzene rings is 1. The number of ether oxygens (including phenoxy) is 1. The fourth-order valence-corrected chi connectivity index (χ4v) is 7.47. The van der Waals surface area contributed by atoms with Crippen molar-refractivity contribution < 1.29 is 29.3 Å². The molecule has 3 amide bonds. The Morgan fingerprint density at radius 3 is 2.67 bits per heavy atom. The maximum atomic E-state index is 14.3. The van der Waals surface area contributed by atoms with Gasteiger partial charge in [0.05, 0.1) is 36.5 Å². The number of rotatable bonds is 7. The van der Waals surface area contributed by atoms with Crippen molar-refractivity contribution in [3.63, 3.8) is 0 Å². The van der Waals surface area contributed by atoms with Crippen LogP contribution in [0.3, 0.4) is 0 Å². The van der Waals surface area contributed by atoms with Gasteiger partial charge in [0.2, 0.25) is 11.8 Å². The van der Waals surface area contributed by atoms with Crippen LogP contribution >= 0.6 is 0 Å². The van der Waals surface area contributed by atoms with Gasteiger partial charge in [0, 0.05) is 49.1 Å². The Labute approximate surface area is 230 Å². The van der Waals surface area contributed by atoms with E-state index in [1.165, 1.54) is 0 Å². The van der Waals surface area contributed by atoms with Gasteiger partial charge < -0.3 is 29.6 Å². The summed E-state index contributed by atoms with van der Waals surface area (Å²) >= 11 is 0. The minimum Gasteiger partial charge on any atom is -0.394 e. The molecule has 1 aromatic rings. The predicted octanol–water partition coefficient (Wildman–Crippen LogP) is 2.73. The van der Waals surface area contributed by atoms with Gasteiger partial charge in [-0.2, -0.15) is 0 Å². The number of nitrogens with zero attached hydrogens (tertiary/aromatic N) is 3. The number of anilines is 2. The van der Waals surface area contributed by atoms with Crippen molar-refractivity contribution in [2.24, 2.45) is 11.8 Å². The fourth-order valence-electron chi connectivity index (χ4n) is 7.47. The summed E-state index contributed by atoms with van der Waals surface area (Å²) in [5.41, 5.74) is -0.562. The second-order valence-electron chi connectivity index (χ2n) is 12.0. The Balaban J connectivity index is 1.57. The lowest BCUT2D eigenvalue weighted by molar-refractivity contribution is -0.150. The average molecular weight is 540 g/mol. The topological polar surface area (TPSA) is 111 Å². The van der Waals surface area contributed by atoms with Gasteiger partial charge in [0.1, 0.15) is 0 Å². The molecule has 1 aromatic carbocycles. The summed E-state index contributed by atoms with van der Waals surface area (Å²) in [6.45, 7) is 10.5. The average Bonchev–Trinajstić information content (AvgIpc) is 3.55. The van der Waals surface area contributed by atoms with Gasteiger partial charge in [-0.1, -0.05) is 13.0 Å². The lowest BCUT2D eigenvalue weighted by Crippen LogP contribution is -2.46. The predicted molar refractivity (Wildman–Crippen MR) is 147 cm³/mol. The fraction of sp³-hybridized carbons (Fsp3) is 0.633. The molecule has 1 spiro atoms. The molecule has 4 aliphatic rings. The van der Waals surface area contributed by atoms with Crippen molar-refractivity contribution >= 4 is 29.1 Å². The van der Waals surface area contributed by atoms with Gasteiger partial charge >= 0.3 is 0 Å². The molecule has 3 saturated heterocycles. The summed E-state index contributed by atoms with van der Waals surface area (Å²) in [7, 11) is 0. The van der Waals surface area contributed by atoms with Gasteiger partial charge in [0.25, 0.3) is 5.91 Å². The molecule has 0 aliphatic carbocycles. The second kappa shape index (κ2) is 10.3. The second-order valence-corrected chi connectivity index (χ2v) is 12.0. The number of piperidine rings is 1. The van der Waals surface area contributed by atoms with Crippen LogP contribution in [0.25, 0.3) is 0 Å². The van der Waals surface area contributed by atoms with E-state index in [2.05, 4.69) is 6.58 Å². The monoisotopic (exact) mass is 539 g/mol. The van der Waals surface area contributed by atoms with Crippen LogP contribution in [-0.4, -0.2) is 76.8 Å². The lowest BCUT2D eigenvalue weighted by atomic mass is 9.70. The van der Waals surface area contributed by atoms with Crippen molar-refractivity contribution in [1.82, 2.24) is 4.90 Å². The zero-order valence-electron chi connectivity index (χ0n) is 23.3. The molecule has 2 N–H and O–H groups in total. The summed E-state index contributed by atoms with van der Waals surface area (Å²) in [4.78, 5) is 45.6. The molecule has 4 heterocycles. The smallest absolute Gasteiger partial charge is 0.264 e. The van der Waals surface area contributed by atoms with Crippen LogP contribution in [0.2, 0.25) is 0 Å². The van der Waals surface area contributed by atoms with Crippen LogP contribution in [0.1, 0.15) is 64.9 Å². The number of carbonyl (C=O) groups is 3. The van der Waals surface area contributed by atoms with Gasteiger partial charge in [-0.3, -0.25) is 14.4 Å². The highest BCUT2D eigenvalue weighted by atomic mass is 16.5. The van der Waals surface area contributed by atoms with E-state index in [4.69, 9.17) is 4.74 Å². The Hall–Kier alpha value is -2.75. The van der Waals surface area contributed by atoms with Crippen molar-refractivity contribution in [1.29, 1.82) is 0 Å². The quantitative estimate of drug-likeness (QED) is 0.516. The van der Waals surface area contributed by atoms with Crippen LogP contribution in [0.5, 0.6) is 0 Å². The standard InChI is InChI=1S/C30H41N3O6/c1-5-13-33-23-12-11-20(31-14-7-6-10-25(31)35)16-22(23)30(28(33)37)19(2)27(29(3,4)38)24(39-30)17-26(36)32-15-8-9-21(32)18-34/h5,11-12,16,19,21,24,27,34,38H,1,6-10,13-15,17-18H2,2-4H3/t19-,21+,24+,27-,30+/m1/s1. The third-order valence-electron chi connectivity index (χ3n) is 9.20. The highest BCUT2D eigenvalue weighted by molar-refractivity contribution is 6.08. The van der Waals surface area contributed by atoms with Crippen molar-refractivity contribution in [3.05, 3.63) is 36.4 Å². The van der Waals surface area contributed by atoms with E-state index in [1.807, 2.05) is 25.1 Å². The van der Waals surface area contributed by atoms with E-state index in [0.29, 0.717) is 30.8 Å². The third kappa shape index (κ3) is 4.48. The molecule has 3 fully saturated rings. The molecule has 0 bridgehead atoms. The van der Waals surface area contributed by atoms with Crippen LogP contribution in [0, 0.1) is 11.8 Å². The number of amides is 3. The van der Waals surface area contributed by atoms with Gasteiger partial charge in [0.15, 0.2) is 5.60 Å². The highest BCUT2D eigenvalue weighted by Gasteiger charge is 2.66. The largest absolute Gasteiger partial charge is 0.394 e. The third-order valence-corrected chi connectivity index (χ3v) is 9.20. The molecule has 0 aromatic heterocycles. The first-order valence-electron chi connectivity index (χ1n) is 14.2. The van der Waals surface area contributed by atoms with Crippen LogP contribution in [0.4, 0.5) is 11.4 Å². The van der Waals surface area contributed by atoms with Crippen LogP contribution < -0.4 is 9.80 Å². The van der Waals surface area contributed by atoms with Crippen molar-refractivity contribution in [3.8, 4) is 0 Å². The zero-order valence-corrected chi connectivity index (χ0v) is 23.3. The summed E-state index contributed by atoms with van der Waals surface area (Å²) in [6.07, 6.45) is 4.82. The molecule has 0 saturated carbocycles. The highest BCUT2D eigenvalue weighted by Crippen LogP contribution is 2.58. The Kier molecular flexibility index (Phi) is 7.37. The molecular formula is C30H41N3O6. The molecule has 212 valence electrons. The molecule has 39 heavy (non-hydrogen) atoms. The number of hydrogen-bond acceptors (Lipinski definition) is 6. The normalized spacial score (nSPS) is 30.9. The first-order valence-corrected chi connectivity index (χ1v) is 14.2. The van der Waals surface area contributed by atoms with E-state index >= 15 is 0 Å². The summed E-state index contributed by atoms with van der Waals surface area (Å²) < 4.78 is 6.75. The number of likely N-dealkylation sites (tertiary alicyclic amines) is 1. The number of aliphatic hydroxyl groups excluding tert-OH is 1. The molecule has 9 nitrogen and oxygen atoms in total. The maximum Gasteiger partial charge on any atom is 0.264 e. The van der Waals surface area contributed by atoms with E-state index in [9.17, 15) is 24.6 Å². The molecule has 5 atom stereocenters. The van der Waals surface area contributed by atoms with E-state index in [1.54, 1.807) is 34.6 Å². The van der Waals surface area contributed by atoms with Crippen molar-refractivity contribution in [2.45, 2.75) is 82.6 Å². The van der Waals surface area contributed by atoms with Crippen molar-refractivity contribution in [2.75, 3.05) is 36.0 Å². The minimum atomic E-state index is -1.41. The van der Waals surface area contributed by atoms with Gasteiger partial charge in [-0.05, 0) is 57.7 Å². The summed E-state index contributed by atoms with van der Waals surface area (Å²) in [5, 5.41) is 21.1. The maximum absolute atomic E-state index is 14.3. The Bertz CT molecular complexity index is 1160. The zero-order chi connectivity index (χ0) is 28.1. The number of carbonyl (C=O) groups excluding carboxylic acids is 3. The van der Waals surface area contributed by atoms with E-state index in [-0.39, 0.29) is 43.3 Å². The van der Waals surface area contributed by atoms with Gasteiger partial charge in [-0.25, -0.2) is 0 Å². The number of fused-ring (bicyclic) bond motifs is 2. The number of aliphatic hydroxyl groups is 2.